The van der Waals surface area contributed by atoms with Gasteiger partial charge in [-0.25, -0.2) is 0 Å². The summed E-state index contributed by atoms with van der Waals surface area (Å²) in [5.74, 6) is 1.38. The van der Waals surface area contributed by atoms with Crippen LogP contribution in [0, 0.1) is 0 Å². The van der Waals surface area contributed by atoms with Gasteiger partial charge in [-0.1, -0.05) is 41.9 Å². The summed E-state index contributed by atoms with van der Waals surface area (Å²) in [7, 11) is 1.64. The Kier molecular flexibility index (Phi) is 6.10. The van der Waals surface area contributed by atoms with Crippen molar-refractivity contribution in [1.29, 1.82) is 0 Å². The molecule has 0 bridgehead atoms. The molecule has 0 aliphatic rings. The minimum atomic E-state index is 0.0759. The first kappa shape index (κ1) is 16.7. The second kappa shape index (κ2) is 8.06. The van der Waals surface area contributed by atoms with Crippen molar-refractivity contribution in [2.45, 2.75) is 33.0 Å². The van der Waals surface area contributed by atoms with Crippen LogP contribution in [0.15, 0.2) is 42.5 Å². The van der Waals surface area contributed by atoms with E-state index in [1.54, 1.807) is 7.11 Å². The minimum absolute atomic E-state index is 0.0759. The van der Waals surface area contributed by atoms with Gasteiger partial charge in [0.2, 0.25) is 0 Å². The molecule has 2 rings (SSSR count). The molecule has 0 saturated carbocycles. The lowest BCUT2D eigenvalue weighted by Gasteiger charge is -2.16. The molecule has 0 radical (unpaired) electrons. The van der Waals surface area contributed by atoms with E-state index in [0.717, 1.165) is 12.1 Å². The van der Waals surface area contributed by atoms with E-state index in [1.807, 2.05) is 44.2 Å². The van der Waals surface area contributed by atoms with Crippen molar-refractivity contribution in [3.63, 3.8) is 0 Å². The second-order valence-corrected chi connectivity index (χ2v) is 5.76. The molecule has 0 aromatic heterocycles. The van der Waals surface area contributed by atoms with Crippen molar-refractivity contribution in [2.75, 3.05) is 7.11 Å². The Bertz CT molecular complexity index is 600. The third-order valence-electron chi connectivity index (χ3n) is 3.18. The first-order valence-electron chi connectivity index (χ1n) is 7.38. The van der Waals surface area contributed by atoms with Crippen LogP contribution in [-0.4, -0.2) is 13.2 Å². The third kappa shape index (κ3) is 4.65. The summed E-state index contributed by atoms with van der Waals surface area (Å²) in [6.07, 6.45) is 0.0759. The summed E-state index contributed by atoms with van der Waals surface area (Å²) in [5.41, 5.74) is 2.23. The van der Waals surface area contributed by atoms with Gasteiger partial charge in [0.05, 0.1) is 13.2 Å². The van der Waals surface area contributed by atoms with Crippen LogP contribution in [0.5, 0.6) is 11.5 Å². The van der Waals surface area contributed by atoms with E-state index in [1.165, 1.54) is 5.56 Å². The number of hydrogen-bond donors (Lipinski definition) is 1. The maximum Gasteiger partial charge on any atom is 0.163 e. The summed E-state index contributed by atoms with van der Waals surface area (Å²) in [4.78, 5) is 0. The number of methoxy groups -OCH3 is 1. The fourth-order valence-corrected chi connectivity index (χ4v) is 2.38. The molecule has 2 aromatic rings. The van der Waals surface area contributed by atoms with Crippen LogP contribution in [0.25, 0.3) is 0 Å². The van der Waals surface area contributed by atoms with E-state index in [2.05, 4.69) is 17.4 Å². The van der Waals surface area contributed by atoms with E-state index in [9.17, 15) is 0 Å². The topological polar surface area (TPSA) is 30.5 Å². The number of nitrogens with one attached hydrogen (secondary N) is 1. The molecule has 118 valence electrons. The molecule has 0 amide bonds. The van der Waals surface area contributed by atoms with Crippen LogP contribution in [0.1, 0.15) is 25.0 Å². The number of hydrogen-bond acceptors (Lipinski definition) is 3. The molecule has 4 heteroatoms. The minimum Gasteiger partial charge on any atom is -0.493 e. The Morgan fingerprint density at radius 3 is 2.41 bits per heavy atom. The molecule has 22 heavy (non-hydrogen) atoms. The van der Waals surface area contributed by atoms with Crippen LogP contribution in [0.3, 0.4) is 0 Å². The number of ether oxygens (including phenoxy) is 2. The lowest BCUT2D eigenvalue weighted by atomic mass is 10.1. The van der Waals surface area contributed by atoms with E-state index in [-0.39, 0.29) is 6.10 Å². The summed E-state index contributed by atoms with van der Waals surface area (Å²) >= 11 is 6.35. The Morgan fingerprint density at radius 2 is 1.77 bits per heavy atom. The molecule has 0 atom stereocenters. The highest BCUT2D eigenvalue weighted by atomic mass is 35.5. The quantitative estimate of drug-likeness (QED) is 0.819. The van der Waals surface area contributed by atoms with Crippen LogP contribution in [0.4, 0.5) is 0 Å². The predicted molar refractivity (Wildman–Crippen MR) is 90.8 cm³/mol. The molecule has 0 aliphatic carbocycles. The van der Waals surface area contributed by atoms with Crippen molar-refractivity contribution in [1.82, 2.24) is 5.32 Å². The van der Waals surface area contributed by atoms with Gasteiger partial charge in [-0.15, -0.1) is 0 Å². The highest BCUT2D eigenvalue weighted by Crippen LogP contribution is 2.34. The lowest BCUT2D eigenvalue weighted by Crippen LogP contribution is -2.13. The summed E-state index contributed by atoms with van der Waals surface area (Å²) in [5, 5.41) is 4.07. The molecule has 0 saturated heterocycles. The van der Waals surface area contributed by atoms with Crippen LogP contribution < -0.4 is 14.8 Å². The second-order valence-electron chi connectivity index (χ2n) is 5.35. The SMILES string of the molecule is COc1cc(CNCc2ccccc2)c(Cl)cc1OC(C)C. The van der Waals surface area contributed by atoms with Crippen molar-refractivity contribution in [2.24, 2.45) is 0 Å². The molecule has 2 aromatic carbocycles. The average Bonchev–Trinajstić information content (AvgIpc) is 2.50. The maximum atomic E-state index is 6.35. The number of rotatable bonds is 7. The molecule has 0 unspecified atom stereocenters. The molecule has 0 heterocycles. The fourth-order valence-electron chi connectivity index (χ4n) is 2.16. The first-order chi connectivity index (χ1) is 10.6. The van der Waals surface area contributed by atoms with Gasteiger partial charge in [-0.3, -0.25) is 0 Å². The average molecular weight is 320 g/mol. The Hall–Kier alpha value is -1.71. The summed E-state index contributed by atoms with van der Waals surface area (Å²) in [6.45, 7) is 5.42. The van der Waals surface area contributed by atoms with Gasteiger partial charge in [0.15, 0.2) is 11.5 Å². The van der Waals surface area contributed by atoms with Crippen LogP contribution in [0.2, 0.25) is 5.02 Å². The van der Waals surface area contributed by atoms with Gasteiger partial charge < -0.3 is 14.8 Å². The summed E-state index contributed by atoms with van der Waals surface area (Å²) in [6, 6.07) is 14.0. The molecule has 1 N–H and O–H groups in total. The third-order valence-corrected chi connectivity index (χ3v) is 3.53. The molecule has 0 aliphatic heterocycles. The molecular weight excluding hydrogens is 298 g/mol. The van der Waals surface area contributed by atoms with Gasteiger partial charge >= 0.3 is 0 Å². The standard InChI is InChI=1S/C18H22ClNO2/c1-13(2)22-18-10-16(19)15(9-17(18)21-3)12-20-11-14-7-5-4-6-8-14/h4-10,13,20H,11-12H2,1-3H3. The van der Waals surface area contributed by atoms with E-state index in [4.69, 9.17) is 21.1 Å². The van der Waals surface area contributed by atoms with Crippen molar-refractivity contribution in [3.05, 3.63) is 58.6 Å². The molecule has 3 nitrogen and oxygen atoms in total. The zero-order valence-electron chi connectivity index (χ0n) is 13.2. The predicted octanol–water partition coefficient (Wildman–Crippen LogP) is 4.43. The van der Waals surface area contributed by atoms with Gasteiger partial charge in [0, 0.05) is 24.2 Å². The summed E-state index contributed by atoms with van der Waals surface area (Å²) < 4.78 is 11.1. The van der Waals surface area contributed by atoms with Crippen molar-refractivity contribution >= 4 is 11.6 Å². The van der Waals surface area contributed by atoms with Gasteiger partial charge in [0.1, 0.15) is 0 Å². The number of halogens is 1. The first-order valence-corrected chi connectivity index (χ1v) is 7.75. The molecular formula is C18H22ClNO2. The van der Waals surface area contributed by atoms with E-state index in [0.29, 0.717) is 23.1 Å². The smallest absolute Gasteiger partial charge is 0.163 e. The highest BCUT2D eigenvalue weighted by molar-refractivity contribution is 6.31. The Balaban J connectivity index is 2.04. The monoisotopic (exact) mass is 319 g/mol. The number of benzene rings is 2. The zero-order chi connectivity index (χ0) is 15.9. The van der Waals surface area contributed by atoms with E-state index < -0.39 is 0 Å². The largest absolute Gasteiger partial charge is 0.493 e. The normalized spacial score (nSPS) is 10.8. The van der Waals surface area contributed by atoms with E-state index >= 15 is 0 Å². The zero-order valence-corrected chi connectivity index (χ0v) is 14.0. The van der Waals surface area contributed by atoms with Crippen LogP contribution >= 0.6 is 11.6 Å². The van der Waals surface area contributed by atoms with Gasteiger partial charge in [-0.05, 0) is 31.0 Å². The maximum absolute atomic E-state index is 6.35. The van der Waals surface area contributed by atoms with Crippen LogP contribution in [-0.2, 0) is 13.1 Å². The van der Waals surface area contributed by atoms with Crippen molar-refractivity contribution in [3.8, 4) is 11.5 Å². The van der Waals surface area contributed by atoms with Crippen molar-refractivity contribution < 1.29 is 9.47 Å². The lowest BCUT2D eigenvalue weighted by molar-refractivity contribution is 0.230. The highest BCUT2D eigenvalue weighted by Gasteiger charge is 2.11. The fraction of sp³-hybridized carbons (Fsp3) is 0.333. The molecule has 0 spiro atoms. The Morgan fingerprint density at radius 1 is 1.05 bits per heavy atom. The van der Waals surface area contributed by atoms with Gasteiger partial charge in [-0.2, -0.15) is 0 Å². The molecule has 0 fully saturated rings. The Labute approximate surface area is 137 Å². The van der Waals surface area contributed by atoms with Gasteiger partial charge in [0.25, 0.3) is 0 Å².